The second-order valence-corrected chi connectivity index (χ2v) is 5.77. The van der Waals surface area contributed by atoms with Crippen molar-refractivity contribution >= 4 is 0 Å². The number of nitrogens with zero attached hydrogens (tertiary/aromatic N) is 2. The molecule has 1 unspecified atom stereocenters. The molecule has 0 spiro atoms. The maximum atomic E-state index is 9.97. The number of hydrogen-bond acceptors (Lipinski definition) is 5. The molecule has 2 fully saturated rings. The van der Waals surface area contributed by atoms with Crippen LogP contribution in [-0.4, -0.2) is 65.3 Å². The van der Waals surface area contributed by atoms with Crippen molar-refractivity contribution in [2.75, 3.05) is 39.3 Å². The monoisotopic (exact) mass is 277 g/mol. The van der Waals surface area contributed by atoms with Gasteiger partial charge in [0.1, 0.15) is 11.5 Å². The average molecular weight is 277 g/mol. The molecule has 5 nitrogen and oxygen atoms in total. The van der Waals surface area contributed by atoms with Gasteiger partial charge in [0, 0.05) is 51.4 Å². The predicted molar refractivity (Wildman–Crippen MR) is 78.0 cm³/mol. The molecular weight excluding hydrogens is 254 g/mol. The third-order valence-corrected chi connectivity index (χ3v) is 4.65. The number of rotatable bonds is 3. The third kappa shape index (κ3) is 2.49. The molecular formula is C15H23N3O2. The van der Waals surface area contributed by atoms with E-state index in [0.29, 0.717) is 11.6 Å². The first-order chi connectivity index (χ1) is 9.66. The predicted octanol–water partition coefficient (Wildman–Crippen LogP) is 0.748. The Morgan fingerprint density at radius 3 is 2.20 bits per heavy atom. The quantitative estimate of drug-likeness (QED) is 0.761. The van der Waals surface area contributed by atoms with E-state index in [1.165, 1.54) is 0 Å². The minimum Gasteiger partial charge on any atom is -0.507 e. The zero-order valence-corrected chi connectivity index (χ0v) is 11.9. The Kier molecular flexibility index (Phi) is 3.83. The third-order valence-electron chi connectivity index (χ3n) is 4.65. The molecule has 0 bridgehead atoms. The van der Waals surface area contributed by atoms with Crippen LogP contribution < -0.4 is 5.32 Å². The van der Waals surface area contributed by atoms with Gasteiger partial charge < -0.3 is 15.5 Å². The van der Waals surface area contributed by atoms with E-state index in [1.807, 2.05) is 0 Å². The van der Waals surface area contributed by atoms with Gasteiger partial charge in [0.05, 0.1) is 5.56 Å². The standard InChI is InChI=1S/C15H23N3O2/c1-11(15-13(19)3-2-4-14(15)20)17-5-7-18(8-6-17)12-9-16-10-12/h2-4,11-12,16,19-20H,5-10H2,1H3. The molecule has 1 atom stereocenters. The Morgan fingerprint density at radius 2 is 1.70 bits per heavy atom. The number of piperazine rings is 1. The van der Waals surface area contributed by atoms with Crippen LogP contribution in [0, 0.1) is 0 Å². The fourth-order valence-corrected chi connectivity index (χ4v) is 3.17. The number of aromatic hydroxyl groups is 2. The van der Waals surface area contributed by atoms with Crippen molar-refractivity contribution in [2.24, 2.45) is 0 Å². The van der Waals surface area contributed by atoms with E-state index in [1.54, 1.807) is 18.2 Å². The molecule has 0 aliphatic carbocycles. The van der Waals surface area contributed by atoms with E-state index in [-0.39, 0.29) is 17.5 Å². The summed E-state index contributed by atoms with van der Waals surface area (Å²) in [5, 5.41) is 23.3. The zero-order chi connectivity index (χ0) is 14.1. The molecule has 110 valence electrons. The lowest BCUT2D eigenvalue weighted by Crippen LogP contribution is -2.61. The molecule has 2 heterocycles. The Hall–Kier alpha value is -1.30. The lowest BCUT2D eigenvalue weighted by atomic mass is 10.0. The van der Waals surface area contributed by atoms with E-state index in [9.17, 15) is 10.2 Å². The lowest BCUT2D eigenvalue weighted by molar-refractivity contribution is 0.0542. The van der Waals surface area contributed by atoms with E-state index < -0.39 is 0 Å². The molecule has 1 aromatic rings. The van der Waals surface area contributed by atoms with Crippen LogP contribution in [0.15, 0.2) is 18.2 Å². The first kappa shape index (κ1) is 13.7. The van der Waals surface area contributed by atoms with Crippen molar-refractivity contribution in [2.45, 2.75) is 19.0 Å². The van der Waals surface area contributed by atoms with E-state index in [4.69, 9.17) is 0 Å². The van der Waals surface area contributed by atoms with Crippen molar-refractivity contribution in [3.63, 3.8) is 0 Å². The summed E-state index contributed by atoms with van der Waals surface area (Å²) in [6, 6.07) is 5.69. The van der Waals surface area contributed by atoms with E-state index in [0.717, 1.165) is 39.3 Å². The summed E-state index contributed by atoms with van der Waals surface area (Å²) in [5.74, 6) is 0.367. The second kappa shape index (κ2) is 5.60. The van der Waals surface area contributed by atoms with Gasteiger partial charge in [-0.25, -0.2) is 0 Å². The molecule has 2 aliphatic rings. The Labute approximate surface area is 119 Å². The zero-order valence-electron chi connectivity index (χ0n) is 11.9. The minimum absolute atomic E-state index is 0.0397. The van der Waals surface area contributed by atoms with Gasteiger partial charge in [-0.05, 0) is 19.1 Å². The molecule has 2 aliphatic heterocycles. The largest absolute Gasteiger partial charge is 0.507 e. The second-order valence-electron chi connectivity index (χ2n) is 5.77. The van der Waals surface area contributed by atoms with Gasteiger partial charge in [0.25, 0.3) is 0 Å². The van der Waals surface area contributed by atoms with Crippen molar-refractivity contribution in [1.29, 1.82) is 0 Å². The van der Waals surface area contributed by atoms with Crippen molar-refractivity contribution in [3.05, 3.63) is 23.8 Å². The summed E-state index contributed by atoms with van der Waals surface area (Å²) in [7, 11) is 0. The highest BCUT2D eigenvalue weighted by molar-refractivity contribution is 5.45. The molecule has 3 rings (SSSR count). The van der Waals surface area contributed by atoms with Crippen LogP contribution in [0.4, 0.5) is 0 Å². The first-order valence-electron chi connectivity index (χ1n) is 7.36. The summed E-state index contributed by atoms with van der Waals surface area (Å²) in [6.45, 7) is 8.34. The van der Waals surface area contributed by atoms with Crippen molar-refractivity contribution < 1.29 is 10.2 Å². The minimum atomic E-state index is 0.0397. The van der Waals surface area contributed by atoms with E-state index in [2.05, 4.69) is 22.0 Å². The number of nitrogens with one attached hydrogen (secondary N) is 1. The van der Waals surface area contributed by atoms with Gasteiger partial charge in [-0.2, -0.15) is 0 Å². The maximum Gasteiger partial charge on any atom is 0.124 e. The van der Waals surface area contributed by atoms with Gasteiger partial charge in [-0.3, -0.25) is 9.80 Å². The van der Waals surface area contributed by atoms with Crippen molar-refractivity contribution in [1.82, 2.24) is 15.1 Å². The fraction of sp³-hybridized carbons (Fsp3) is 0.600. The summed E-state index contributed by atoms with van der Waals surface area (Å²) < 4.78 is 0. The SMILES string of the molecule is CC(c1c(O)cccc1O)N1CCN(C2CNC2)CC1. The molecule has 1 aromatic carbocycles. The first-order valence-corrected chi connectivity index (χ1v) is 7.36. The van der Waals surface area contributed by atoms with Crippen LogP contribution in [0.3, 0.4) is 0 Å². The number of phenols is 2. The highest BCUT2D eigenvalue weighted by atomic mass is 16.3. The highest BCUT2D eigenvalue weighted by Gasteiger charge is 2.30. The van der Waals surface area contributed by atoms with Gasteiger partial charge in [0.2, 0.25) is 0 Å². The van der Waals surface area contributed by atoms with Crippen molar-refractivity contribution in [3.8, 4) is 11.5 Å². The fourth-order valence-electron chi connectivity index (χ4n) is 3.17. The number of phenolic OH excluding ortho intramolecular Hbond substituents is 2. The van der Waals surface area contributed by atoms with Gasteiger partial charge in [0.15, 0.2) is 0 Å². The van der Waals surface area contributed by atoms with Crippen LogP contribution in [0.25, 0.3) is 0 Å². The number of hydrogen-bond donors (Lipinski definition) is 3. The average Bonchev–Trinajstić information content (AvgIpc) is 2.37. The summed E-state index contributed by atoms with van der Waals surface area (Å²) in [4.78, 5) is 4.86. The maximum absolute atomic E-state index is 9.97. The molecule has 20 heavy (non-hydrogen) atoms. The molecule has 0 aromatic heterocycles. The molecule has 0 radical (unpaired) electrons. The summed E-state index contributed by atoms with van der Waals surface area (Å²) in [6.07, 6.45) is 0. The van der Waals surface area contributed by atoms with Crippen LogP contribution in [0.5, 0.6) is 11.5 Å². The highest BCUT2D eigenvalue weighted by Crippen LogP contribution is 2.35. The van der Waals surface area contributed by atoms with E-state index >= 15 is 0 Å². The molecule has 0 saturated carbocycles. The van der Waals surface area contributed by atoms with Crippen LogP contribution in [-0.2, 0) is 0 Å². The van der Waals surface area contributed by atoms with Crippen LogP contribution in [0.2, 0.25) is 0 Å². The Balaban J connectivity index is 1.65. The summed E-state index contributed by atoms with van der Waals surface area (Å²) >= 11 is 0. The molecule has 2 saturated heterocycles. The summed E-state index contributed by atoms with van der Waals surface area (Å²) in [5.41, 5.74) is 0.645. The lowest BCUT2D eigenvalue weighted by Gasteiger charge is -2.44. The number of benzene rings is 1. The van der Waals surface area contributed by atoms with Gasteiger partial charge in [-0.15, -0.1) is 0 Å². The van der Waals surface area contributed by atoms with Gasteiger partial charge >= 0.3 is 0 Å². The normalized spacial score (nSPS) is 23.4. The smallest absolute Gasteiger partial charge is 0.124 e. The van der Waals surface area contributed by atoms with Crippen LogP contribution in [0.1, 0.15) is 18.5 Å². The molecule has 5 heteroatoms. The van der Waals surface area contributed by atoms with Crippen LogP contribution >= 0.6 is 0 Å². The molecule has 0 amide bonds. The Bertz CT molecular complexity index is 448. The molecule has 3 N–H and O–H groups in total. The topological polar surface area (TPSA) is 59.0 Å². The Morgan fingerprint density at radius 1 is 1.10 bits per heavy atom. The van der Waals surface area contributed by atoms with Gasteiger partial charge in [-0.1, -0.05) is 6.07 Å².